The SMILES string of the molecule is Cc1cccc(/C=C/c2ccc(C3=NNC(=O)CO3)cc2)c1. The largest absolute Gasteiger partial charge is 0.466 e. The molecule has 0 saturated heterocycles. The van der Waals surface area contributed by atoms with Gasteiger partial charge < -0.3 is 4.74 Å². The first-order valence-electron chi connectivity index (χ1n) is 7.05. The van der Waals surface area contributed by atoms with Gasteiger partial charge in [-0.05, 0) is 30.2 Å². The molecule has 1 aliphatic rings. The lowest BCUT2D eigenvalue weighted by Crippen LogP contribution is -2.32. The summed E-state index contributed by atoms with van der Waals surface area (Å²) in [5.41, 5.74) is 6.75. The van der Waals surface area contributed by atoms with Crippen LogP contribution >= 0.6 is 0 Å². The maximum Gasteiger partial charge on any atom is 0.278 e. The summed E-state index contributed by atoms with van der Waals surface area (Å²) in [5, 5.41) is 3.89. The molecule has 4 nitrogen and oxygen atoms in total. The van der Waals surface area contributed by atoms with E-state index < -0.39 is 0 Å². The quantitative estimate of drug-likeness (QED) is 0.884. The summed E-state index contributed by atoms with van der Waals surface area (Å²) in [4.78, 5) is 11.0. The van der Waals surface area contributed by atoms with Crippen LogP contribution in [-0.2, 0) is 9.53 Å². The summed E-state index contributed by atoms with van der Waals surface area (Å²) < 4.78 is 5.28. The zero-order chi connectivity index (χ0) is 15.4. The molecular formula is C18H16N2O2. The first-order valence-corrected chi connectivity index (χ1v) is 7.05. The minimum Gasteiger partial charge on any atom is -0.466 e. The van der Waals surface area contributed by atoms with Gasteiger partial charge in [-0.2, -0.15) is 0 Å². The lowest BCUT2D eigenvalue weighted by atomic mass is 10.1. The van der Waals surface area contributed by atoms with Crippen molar-refractivity contribution in [3.8, 4) is 0 Å². The van der Waals surface area contributed by atoms with Crippen molar-refractivity contribution >= 4 is 24.0 Å². The monoisotopic (exact) mass is 292 g/mol. The fourth-order valence-electron chi connectivity index (χ4n) is 2.16. The third-order valence-electron chi connectivity index (χ3n) is 3.29. The Morgan fingerprint density at radius 1 is 1.09 bits per heavy atom. The molecule has 4 heteroatoms. The summed E-state index contributed by atoms with van der Waals surface area (Å²) in [6, 6.07) is 16.2. The Balaban J connectivity index is 1.73. The van der Waals surface area contributed by atoms with Crippen LogP contribution in [0.25, 0.3) is 12.2 Å². The number of ether oxygens (including phenoxy) is 1. The molecule has 3 rings (SSSR count). The zero-order valence-corrected chi connectivity index (χ0v) is 12.2. The minimum atomic E-state index is -0.235. The molecule has 22 heavy (non-hydrogen) atoms. The van der Waals surface area contributed by atoms with E-state index in [2.05, 4.69) is 47.8 Å². The molecule has 0 fully saturated rings. The van der Waals surface area contributed by atoms with Gasteiger partial charge in [0, 0.05) is 5.56 Å². The summed E-state index contributed by atoms with van der Waals surface area (Å²) in [7, 11) is 0. The Kier molecular flexibility index (Phi) is 4.01. The third kappa shape index (κ3) is 3.41. The smallest absolute Gasteiger partial charge is 0.278 e. The van der Waals surface area contributed by atoms with Crippen LogP contribution in [0.3, 0.4) is 0 Å². The highest BCUT2D eigenvalue weighted by atomic mass is 16.5. The maximum atomic E-state index is 11.0. The van der Waals surface area contributed by atoms with E-state index in [-0.39, 0.29) is 12.5 Å². The highest BCUT2D eigenvalue weighted by molar-refractivity contribution is 5.98. The molecule has 0 atom stereocenters. The highest BCUT2D eigenvalue weighted by Gasteiger charge is 2.13. The molecule has 1 amide bonds. The number of hydrazone groups is 1. The zero-order valence-electron chi connectivity index (χ0n) is 12.2. The molecule has 0 aliphatic carbocycles. The molecule has 1 N–H and O–H groups in total. The number of carbonyl (C=O) groups excluding carboxylic acids is 1. The van der Waals surface area contributed by atoms with E-state index in [0.29, 0.717) is 5.90 Å². The van der Waals surface area contributed by atoms with Crippen LogP contribution in [0.5, 0.6) is 0 Å². The van der Waals surface area contributed by atoms with Crippen molar-refractivity contribution < 1.29 is 9.53 Å². The van der Waals surface area contributed by atoms with Crippen molar-refractivity contribution in [1.82, 2.24) is 5.43 Å². The van der Waals surface area contributed by atoms with Gasteiger partial charge in [-0.25, -0.2) is 5.43 Å². The molecule has 2 aromatic rings. The Morgan fingerprint density at radius 2 is 1.86 bits per heavy atom. The van der Waals surface area contributed by atoms with Gasteiger partial charge in [0.05, 0.1) is 0 Å². The van der Waals surface area contributed by atoms with Crippen LogP contribution in [0, 0.1) is 6.92 Å². The minimum absolute atomic E-state index is 0.00778. The first-order chi connectivity index (χ1) is 10.7. The number of benzene rings is 2. The number of carbonyl (C=O) groups is 1. The molecule has 1 aliphatic heterocycles. The predicted octanol–water partition coefficient (Wildman–Crippen LogP) is 2.97. The van der Waals surface area contributed by atoms with Crippen molar-refractivity contribution in [3.05, 3.63) is 70.8 Å². The second kappa shape index (κ2) is 6.26. The molecule has 0 unspecified atom stereocenters. The van der Waals surface area contributed by atoms with E-state index in [4.69, 9.17) is 4.74 Å². The molecule has 2 aromatic carbocycles. The van der Waals surface area contributed by atoms with Gasteiger partial charge >= 0.3 is 0 Å². The normalized spacial score (nSPS) is 14.4. The van der Waals surface area contributed by atoms with Gasteiger partial charge in [-0.1, -0.05) is 54.1 Å². The topological polar surface area (TPSA) is 50.7 Å². The van der Waals surface area contributed by atoms with E-state index in [9.17, 15) is 4.79 Å². The van der Waals surface area contributed by atoms with Crippen LogP contribution in [0.1, 0.15) is 22.3 Å². The second-order valence-corrected chi connectivity index (χ2v) is 5.11. The standard InChI is InChI=1S/C18H16N2O2/c1-13-3-2-4-15(11-13)6-5-14-7-9-16(10-8-14)18-20-19-17(21)12-22-18/h2-11H,12H2,1H3,(H,19,21)/b6-5+. The Labute approximate surface area is 129 Å². The van der Waals surface area contributed by atoms with Crippen molar-refractivity contribution in [3.63, 3.8) is 0 Å². The Hall–Kier alpha value is -2.88. The molecule has 110 valence electrons. The fourth-order valence-corrected chi connectivity index (χ4v) is 2.16. The molecule has 0 saturated carbocycles. The van der Waals surface area contributed by atoms with Gasteiger partial charge in [0.25, 0.3) is 5.91 Å². The van der Waals surface area contributed by atoms with Crippen molar-refractivity contribution in [1.29, 1.82) is 0 Å². The maximum absolute atomic E-state index is 11.0. The number of rotatable bonds is 3. The molecule has 0 bridgehead atoms. The van der Waals surface area contributed by atoms with Crippen molar-refractivity contribution in [2.24, 2.45) is 5.10 Å². The predicted molar refractivity (Wildman–Crippen MR) is 87.2 cm³/mol. The Bertz CT molecular complexity index is 746. The van der Waals surface area contributed by atoms with E-state index in [1.54, 1.807) is 0 Å². The van der Waals surface area contributed by atoms with Crippen LogP contribution in [0.15, 0.2) is 53.6 Å². The second-order valence-electron chi connectivity index (χ2n) is 5.11. The summed E-state index contributed by atoms with van der Waals surface area (Å²) >= 11 is 0. The number of hydrogen-bond acceptors (Lipinski definition) is 3. The average Bonchev–Trinajstić information content (AvgIpc) is 2.54. The highest BCUT2D eigenvalue weighted by Crippen LogP contribution is 2.12. The number of amides is 1. The lowest BCUT2D eigenvalue weighted by molar-refractivity contribution is -0.124. The fraction of sp³-hybridized carbons (Fsp3) is 0.111. The lowest BCUT2D eigenvalue weighted by Gasteiger charge is -2.13. The molecule has 0 spiro atoms. The van der Waals surface area contributed by atoms with Crippen LogP contribution < -0.4 is 5.43 Å². The molecule has 0 radical (unpaired) electrons. The number of nitrogens with zero attached hydrogens (tertiary/aromatic N) is 1. The van der Waals surface area contributed by atoms with E-state index in [1.807, 2.05) is 30.3 Å². The molecule has 0 aromatic heterocycles. The summed E-state index contributed by atoms with van der Waals surface area (Å²) in [5.74, 6) is 0.204. The van der Waals surface area contributed by atoms with Crippen LogP contribution in [0.2, 0.25) is 0 Å². The number of nitrogens with one attached hydrogen (secondary N) is 1. The van der Waals surface area contributed by atoms with Gasteiger partial charge in [0.2, 0.25) is 5.90 Å². The summed E-state index contributed by atoms with van der Waals surface area (Å²) in [6.45, 7) is 2.09. The van der Waals surface area contributed by atoms with Crippen molar-refractivity contribution in [2.75, 3.05) is 6.61 Å². The average molecular weight is 292 g/mol. The van der Waals surface area contributed by atoms with Crippen LogP contribution in [-0.4, -0.2) is 18.4 Å². The van der Waals surface area contributed by atoms with Crippen molar-refractivity contribution in [2.45, 2.75) is 6.92 Å². The van der Waals surface area contributed by atoms with Gasteiger partial charge in [-0.15, -0.1) is 5.10 Å². The molecular weight excluding hydrogens is 276 g/mol. The van der Waals surface area contributed by atoms with Crippen LogP contribution in [0.4, 0.5) is 0 Å². The van der Waals surface area contributed by atoms with Gasteiger partial charge in [-0.3, -0.25) is 4.79 Å². The van der Waals surface area contributed by atoms with E-state index in [1.165, 1.54) is 11.1 Å². The Morgan fingerprint density at radius 3 is 2.55 bits per heavy atom. The van der Waals surface area contributed by atoms with Gasteiger partial charge in [0.15, 0.2) is 6.61 Å². The third-order valence-corrected chi connectivity index (χ3v) is 3.29. The number of aryl methyl sites for hydroxylation is 1. The van der Waals surface area contributed by atoms with Gasteiger partial charge in [0.1, 0.15) is 0 Å². The number of hydrogen-bond donors (Lipinski definition) is 1. The van der Waals surface area contributed by atoms with E-state index in [0.717, 1.165) is 11.1 Å². The summed E-state index contributed by atoms with van der Waals surface area (Å²) in [6.07, 6.45) is 4.14. The first kappa shape index (κ1) is 14.1. The molecule has 1 heterocycles. The van der Waals surface area contributed by atoms with E-state index >= 15 is 0 Å².